The zero-order chi connectivity index (χ0) is 14.9. The Morgan fingerprint density at radius 2 is 2.00 bits per heavy atom. The van der Waals surface area contributed by atoms with Crippen LogP contribution in [0.15, 0.2) is 29.1 Å². The van der Waals surface area contributed by atoms with Gasteiger partial charge in [0, 0.05) is 0 Å². The Hall–Kier alpha value is -2.38. The molecule has 0 aliphatic rings. The molecule has 1 aromatic heterocycles. The minimum absolute atomic E-state index is 0.0230. The SMILES string of the molecule is O=c1[nH]c(CC(F)(F)F)nc(O)c1-c1cccc(F)c1. The van der Waals surface area contributed by atoms with Gasteiger partial charge in [-0.15, -0.1) is 0 Å². The number of benzene rings is 1. The topological polar surface area (TPSA) is 66.0 Å². The summed E-state index contributed by atoms with van der Waals surface area (Å²) in [6.45, 7) is 0. The van der Waals surface area contributed by atoms with Crippen LogP contribution in [0.4, 0.5) is 17.6 Å². The summed E-state index contributed by atoms with van der Waals surface area (Å²) in [5, 5.41) is 9.59. The van der Waals surface area contributed by atoms with Crippen molar-refractivity contribution in [3.8, 4) is 17.0 Å². The van der Waals surface area contributed by atoms with Gasteiger partial charge in [0.15, 0.2) is 0 Å². The average Bonchev–Trinajstić information content (AvgIpc) is 2.25. The first-order chi connectivity index (χ1) is 9.26. The molecule has 0 unspecified atom stereocenters. The molecule has 20 heavy (non-hydrogen) atoms. The van der Waals surface area contributed by atoms with Crippen LogP contribution in [-0.4, -0.2) is 21.3 Å². The average molecular weight is 288 g/mol. The molecule has 4 nitrogen and oxygen atoms in total. The summed E-state index contributed by atoms with van der Waals surface area (Å²) >= 11 is 0. The van der Waals surface area contributed by atoms with Crippen LogP contribution < -0.4 is 5.56 Å². The second kappa shape index (κ2) is 4.95. The maximum absolute atomic E-state index is 13.1. The van der Waals surface area contributed by atoms with Crippen molar-refractivity contribution in [2.75, 3.05) is 0 Å². The minimum atomic E-state index is -4.57. The van der Waals surface area contributed by atoms with E-state index in [0.717, 1.165) is 12.1 Å². The number of hydrogen-bond acceptors (Lipinski definition) is 3. The molecule has 0 radical (unpaired) electrons. The van der Waals surface area contributed by atoms with Gasteiger partial charge in [-0.1, -0.05) is 12.1 Å². The van der Waals surface area contributed by atoms with Crippen LogP contribution in [0.2, 0.25) is 0 Å². The van der Waals surface area contributed by atoms with Crippen molar-refractivity contribution < 1.29 is 22.7 Å². The van der Waals surface area contributed by atoms with Gasteiger partial charge >= 0.3 is 6.18 Å². The summed E-state index contributed by atoms with van der Waals surface area (Å²) in [5.41, 5.74) is -1.33. The van der Waals surface area contributed by atoms with Crippen LogP contribution in [0.3, 0.4) is 0 Å². The molecule has 0 fully saturated rings. The van der Waals surface area contributed by atoms with Gasteiger partial charge in [-0.2, -0.15) is 18.2 Å². The van der Waals surface area contributed by atoms with Crippen LogP contribution in [0.25, 0.3) is 11.1 Å². The Morgan fingerprint density at radius 3 is 2.55 bits per heavy atom. The van der Waals surface area contributed by atoms with Gasteiger partial charge in [-0.3, -0.25) is 4.79 Å². The van der Waals surface area contributed by atoms with E-state index < -0.39 is 35.7 Å². The first-order valence-electron chi connectivity index (χ1n) is 5.41. The number of aromatic nitrogens is 2. The standard InChI is InChI=1S/C12H8F4N2O2/c13-7-3-1-2-6(4-7)9-10(19)17-8(18-11(9)20)5-12(14,15)16/h1-4H,5H2,(H2,17,18,19,20). The Labute approximate surface area is 109 Å². The smallest absolute Gasteiger partial charge is 0.396 e. The molecule has 1 aromatic carbocycles. The van der Waals surface area contributed by atoms with E-state index >= 15 is 0 Å². The van der Waals surface area contributed by atoms with Crippen molar-refractivity contribution in [2.45, 2.75) is 12.6 Å². The van der Waals surface area contributed by atoms with E-state index in [1.807, 2.05) is 4.98 Å². The Kier molecular flexibility index (Phi) is 3.47. The zero-order valence-electron chi connectivity index (χ0n) is 9.83. The molecule has 0 aliphatic carbocycles. The van der Waals surface area contributed by atoms with Crippen LogP contribution in [0.1, 0.15) is 5.82 Å². The van der Waals surface area contributed by atoms with Crippen LogP contribution in [0, 0.1) is 5.82 Å². The molecule has 0 atom stereocenters. The molecule has 0 saturated heterocycles. The van der Waals surface area contributed by atoms with Crippen LogP contribution in [0.5, 0.6) is 5.88 Å². The number of nitrogens with one attached hydrogen (secondary N) is 1. The summed E-state index contributed by atoms with van der Waals surface area (Å²) < 4.78 is 49.6. The fourth-order valence-electron chi connectivity index (χ4n) is 1.68. The third-order valence-electron chi connectivity index (χ3n) is 2.43. The summed E-state index contributed by atoms with van der Waals surface area (Å²) in [6.07, 6.45) is -6.04. The third kappa shape index (κ3) is 3.14. The van der Waals surface area contributed by atoms with Crippen LogP contribution in [-0.2, 0) is 6.42 Å². The van der Waals surface area contributed by atoms with Gasteiger partial charge < -0.3 is 10.1 Å². The van der Waals surface area contributed by atoms with Gasteiger partial charge in [-0.25, -0.2) is 4.39 Å². The summed E-state index contributed by atoms with van der Waals surface area (Å²) in [6, 6.07) is 4.72. The maximum Gasteiger partial charge on any atom is 0.396 e. The summed E-state index contributed by atoms with van der Waals surface area (Å²) in [4.78, 5) is 16.9. The van der Waals surface area contributed by atoms with E-state index in [4.69, 9.17) is 0 Å². The predicted molar refractivity (Wildman–Crippen MR) is 61.7 cm³/mol. The maximum atomic E-state index is 13.1. The number of halogens is 4. The van der Waals surface area contributed by atoms with Crippen molar-refractivity contribution in [1.29, 1.82) is 0 Å². The van der Waals surface area contributed by atoms with Crippen LogP contribution >= 0.6 is 0 Å². The molecule has 1 heterocycles. The molecule has 2 N–H and O–H groups in total. The van der Waals surface area contributed by atoms with E-state index in [1.165, 1.54) is 12.1 Å². The van der Waals surface area contributed by atoms with Crippen molar-refractivity contribution in [3.63, 3.8) is 0 Å². The van der Waals surface area contributed by atoms with Gasteiger partial charge in [-0.05, 0) is 17.7 Å². The number of hydrogen-bond donors (Lipinski definition) is 2. The lowest BCUT2D eigenvalue weighted by Crippen LogP contribution is -2.20. The van der Waals surface area contributed by atoms with Gasteiger partial charge in [0.25, 0.3) is 5.56 Å². The molecule has 2 aromatic rings. The largest absolute Gasteiger partial charge is 0.493 e. The highest BCUT2D eigenvalue weighted by Gasteiger charge is 2.30. The number of rotatable bonds is 2. The minimum Gasteiger partial charge on any atom is -0.493 e. The van der Waals surface area contributed by atoms with Gasteiger partial charge in [0.1, 0.15) is 23.6 Å². The number of aromatic hydroxyl groups is 1. The van der Waals surface area contributed by atoms with Crippen molar-refractivity contribution in [3.05, 3.63) is 46.3 Å². The van der Waals surface area contributed by atoms with Crippen molar-refractivity contribution in [1.82, 2.24) is 9.97 Å². The fourth-order valence-corrected chi connectivity index (χ4v) is 1.68. The molecule has 0 spiro atoms. The highest BCUT2D eigenvalue weighted by molar-refractivity contribution is 5.67. The van der Waals surface area contributed by atoms with E-state index in [1.54, 1.807) is 0 Å². The summed E-state index contributed by atoms with van der Waals surface area (Å²) in [5.74, 6) is -2.24. The highest BCUT2D eigenvalue weighted by atomic mass is 19.4. The molecule has 8 heteroatoms. The van der Waals surface area contributed by atoms with Gasteiger partial charge in [0.2, 0.25) is 5.88 Å². The number of H-pyrrole nitrogens is 1. The third-order valence-corrected chi connectivity index (χ3v) is 2.43. The van der Waals surface area contributed by atoms with E-state index in [-0.39, 0.29) is 11.1 Å². The molecule has 0 amide bonds. The quantitative estimate of drug-likeness (QED) is 0.834. The second-order valence-electron chi connectivity index (χ2n) is 4.01. The molecule has 106 valence electrons. The molecule has 0 saturated carbocycles. The predicted octanol–water partition coefficient (Wildman–Crippen LogP) is 2.39. The van der Waals surface area contributed by atoms with Gasteiger partial charge in [0.05, 0.1) is 0 Å². The molecule has 2 rings (SSSR count). The molecular weight excluding hydrogens is 280 g/mol. The summed E-state index contributed by atoms with van der Waals surface area (Å²) in [7, 11) is 0. The number of aromatic amines is 1. The van der Waals surface area contributed by atoms with E-state index in [2.05, 4.69) is 4.98 Å². The normalized spacial score (nSPS) is 11.6. The Bertz CT molecular complexity index is 695. The lowest BCUT2D eigenvalue weighted by atomic mass is 10.1. The lowest BCUT2D eigenvalue weighted by Gasteiger charge is -2.08. The Morgan fingerprint density at radius 1 is 1.30 bits per heavy atom. The monoisotopic (exact) mass is 288 g/mol. The zero-order valence-corrected chi connectivity index (χ0v) is 9.83. The first kappa shape index (κ1) is 14.0. The Balaban J connectivity index is 2.50. The number of nitrogens with zero attached hydrogens (tertiary/aromatic N) is 1. The lowest BCUT2D eigenvalue weighted by molar-refractivity contribution is -0.128. The first-order valence-corrected chi connectivity index (χ1v) is 5.41. The number of alkyl halides is 3. The van der Waals surface area contributed by atoms with E-state index in [9.17, 15) is 27.5 Å². The van der Waals surface area contributed by atoms with E-state index in [0.29, 0.717) is 0 Å². The molecule has 0 bridgehead atoms. The molecule has 0 aliphatic heterocycles. The highest BCUT2D eigenvalue weighted by Crippen LogP contribution is 2.25. The molecular formula is C12H8F4N2O2. The van der Waals surface area contributed by atoms with Crippen molar-refractivity contribution in [2.24, 2.45) is 0 Å². The fraction of sp³-hybridized carbons (Fsp3) is 0.167. The second-order valence-corrected chi connectivity index (χ2v) is 4.01. The van der Waals surface area contributed by atoms with Crippen molar-refractivity contribution >= 4 is 0 Å².